The Labute approximate surface area is 120 Å². The maximum absolute atomic E-state index is 12.5. The monoisotopic (exact) mass is 319 g/mol. The normalized spacial score (nSPS) is 11.2. The van der Waals surface area contributed by atoms with E-state index in [1.165, 1.54) is 18.2 Å². The molecular formula is C11H5ClF3N3O3. The van der Waals surface area contributed by atoms with Crippen LogP contribution in [0.25, 0.3) is 0 Å². The van der Waals surface area contributed by atoms with E-state index in [0.717, 1.165) is 12.1 Å². The first-order valence-electron chi connectivity index (χ1n) is 5.30. The number of alkyl halides is 3. The van der Waals surface area contributed by atoms with Crippen molar-refractivity contribution in [2.75, 3.05) is 0 Å². The van der Waals surface area contributed by atoms with Crippen LogP contribution in [-0.4, -0.2) is 14.9 Å². The van der Waals surface area contributed by atoms with Gasteiger partial charge in [-0.3, -0.25) is 10.1 Å². The minimum absolute atomic E-state index is 0.259. The number of hydrogen-bond donors (Lipinski definition) is 0. The van der Waals surface area contributed by atoms with Crippen LogP contribution in [-0.2, 0) is 6.18 Å². The highest BCUT2D eigenvalue weighted by atomic mass is 35.5. The largest absolute Gasteiger partial charge is 0.451 e. The molecule has 0 atom stereocenters. The summed E-state index contributed by atoms with van der Waals surface area (Å²) in [5, 5.41) is 10.3. The molecule has 0 aliphatic carbocycles. The van der Waals surface area contributed by atoms with E-state index in [1.54, 1.807) is 0 Å². The number of nitrogens with zero attached hydrogens (tertiary/aromatic N) is 3. The van der Waals surface area contributed by atoms with Crippen LogP contribution in [0.15, 0.2) is 30.3 Å². The number of nitro groups is 1. The number of para-hydroxylation sites is 2. The van der Waals surface area contributed by atoms with Crippen molar-refractivity contribution >= 4 is 17.3 Å². The summed E-state index contributed by atoms with van der Waals surface area (Å²) in [4.78, 5) is 16.2. The summed E-state index contributed by atoms with van der Waals surface area (Å²) >= 11 is 5.46. The van der Waals surface area contributed by atoms with E-state index in [4.69, 9.17) is 16.3 Å². The molecule has 1 aromatic heterocycles. The third-order valence-electron chi connectivity index (χ3n) is 2.20. The maximum atomic E-state index is 12.5. The maximum Gasteiger partial charge on any atom is 0.451 e. The molecule has 0 radical (unpaired) electrons. The Morgan fingerprint density at radius 1 is 1.24 bits per heavy atom. The molecule has 0 N–H and O–H groups in total. The number of halogens is 4. The number of rotatable bonds is 3. The predicted molar refractivity (Wildman–Crippen MR) is 65.2 cm³/mol. The van der Waals surface area contributed by atoms with E-state index in [1.807, 2.05) is 0 Å². The van der Waals surface area contributed by atoms with Gasteiger partial charge in [0.15, 0.2) is 0 Å². The molecule has 6 nitrogen and oxygen atoms in total. The van der Waals surface area contributed by atoms with Crippen molar-refractivity contribution in [1.29, 1.82) is 0 Å². The highest BCUT2D eigenvalue weighted by molar-refractivity contribution is 6.29. The molecular weight excluding hydrogens is 315 g/mol. The van der Waals surface area contributed by atoms with Gasteiger partial charge in [0.1, 0.15) is 5.15 Å². The lowest BCUT2D eigenvalue weighted by atomic mass is 10.3. The van der Waals surface area contributed by atoms with Gasteiger partial charge < -0.3 is 4.74 Å². The topological polar surface area (TPSA) is 78.2 Å². The summed E-state index contributed by atoms with van der Waals surface area (Å²) in [6, 6.07) is 6.10. The summed E-state index contributed by atoms with van der Waals surface area (Å²) < 4.78 is 42.7. The van der Waals surface area contributed by atoms with Gasteiger partial charge >= 0.3 is 11.9 Å². The van der Waals surface area contributed by atoms with E-state index in [-0.39, 0.29) is 5.75 Å². The first-order valence-corrected chi connectivity index (χ1v) is 5.68. The van der Waals surface area contributed by atoms with Gasteiger partial charge in [-0.1, -0.05) is 23.7 Å². The molecule has 2 rings (SSSR count). The van der Waals surface area contributed by atoms with Gasteiger partial charge in [0, 0.05) is 12.1 Å². The lowest BCUT2D eigenvalue weighted by Crippen LogP contribution is -2.11. The minimum atomic E-state index is -4.81. The molecule has 110 valence electrons. The molecule has 0 aliphatic rings. The number of ether oxygens (including phenoxy) is 1. The van der Waals surface area contributed by atoms with Gasteiger partial charge in [-0.15, -0.1) is 0 Å². The molecule has 0 fully saturated rings. The van der Waals surface area contributed by atoms with Gasteiger partial charge in [0.2, 0.25) is 17.5 Å². The Kier molecular flexibility index (Phi) is 3.94. The molecule has 0 unspecified atom stereocenters. The van der Waals surface area contributed by atoms with E-state index in [9.17, 15) is 23.3 Å². The van der Waals surface area contributed by atoms with Crippen LogP contribution in [0.5, 0.6) is 11.6 Å². The van der Waals surface area contributed by atoms with Crippen LogP contribution < -0.4 is 4.74 Å². The summed E-state index contributed by atoms with van der Waals surface area (Å²) in [5.41, 5.74) is -0.416. The molecule has 1 aromatic carbocycles. The third-order valence-corrected chi connectivity index (χ3v) is 2.40. The van der Waals surface area contributed by atoms with Crippen molar-refractivity contribution in [1.82, 2.24) is 9.97 Å². The van der Waals surface area contributed by atoms with Crippen LogP contribution in [0.1, 0.15) is 5.82 Å². The summed E-state index contributed by atoms with van der Waals surface area (Å²) in [6.45, 7) is 0. The van der Waals surface area contributed by atoms with Gasteiger partial charge in [0.05, 0.1) is 4.92 Å². The van der Waals surface area contributed by atoms with Crippen LogP contribution in [0.2, 0.25) is 5.15 Å². The van der Waals surface area contributed by atoms with Gasteiger partial charge in [-0.25, -0.2) is 4.98 Å². The Morgan fingerprint density at radius 2 is 1.90 bits per heavy atom. The quantitative estimate of drug-likeness (QED) is 0.488. The summed E-state index contributed by atoms with van der Waals surface area (Å²) in [6.07, 6.45) is -4.81. The molecule has 0 saturated carbocycles. The molecule has 1 heterocycles. The molecule has 10 heteroatoms. The van der Waals surface area contributed by atoms with Crippen LogP contribution >= 0.6 is 11.6 Å². The second kappa shape index (κ2) is 5.52. The molecule has 0 spiro atoms. The third kappa shape index (κ3) is 3.57. The van der Waals surface area contributed by atoms with E-state index < -0.39 is 33.6 Å². The van der Waals surface area contributed by atoms with Crippen molar-refractivity contribution in [3.63, 3.8) is 0 Å². The van der Waals surface area contributed by atoms with Crippen molar-refractivity contribution in [2.24, 2.45) is 0 Å². The number of aromatic nitrogens is 2. The van der Waals surface area contributed by atoms with Crippen molar-refractivity contribution < 1.29 is 22.8 Å². The molecule has 0 saturated heterocycles. The SMILES string of the molecule is O=[N+]([O-])c1ccccc1Oc1cc(Cl)nc(C(F)(F)F)n1. The lowest BCUT2D eigenvalue weighted by Gasteiger charge is -2.09. The molecule has 2 aromatic rings. The second-order valence-corrected chi connectivity index (χ2v) is 4.06. The number of benzene rings is 1. The predicted octanol–water partition coefficient (Wildman–Crippen LogP) is 3.85. The zero-order chi connectivity index (χ0) is 15.6. The van der Waals surface area contributed by atoms with Crippen LogP contribution in [0.3, 0.4) is 0 Å². The van der Waals surface area contributed by atoms with E-state index in [2.05, 4.69) is 9.97 Å². The second-order valence-electron chi connectivity index (χ2n) is 3.68. The molecule has 21 heavy (non-hydrogen) atoms. The van der Waals surface area contributed by atoms with Gasteiger partial charge in [-0.2, -0.15) is 18.2 Å². The van der Waals surface area contributed by atoms with E-state index >= 15 is 0 Å². The zero-order valence-corrected chi connectivity index (χ0v) is 10.7. The van der Waals surface area contributed by atoms with Crippen LogP contribution in [0, 0.1) is 10.1 Å². The lowest BCUT2D eigenvalue weighted by molar-refractivity contribution is -0.385. The first kappa shape index (κ1) is 15.0. The van der Waals surface area contributed by atoms with Crippen molar-refractivity contribution in [2.45, 2.75) is 6.18 Å². The Hall–Kier alpha value is -2.42. The molecule has 0 aliphatic heterocycles. The highest BCUT2D eigenvalue weighted by Gasteiger charge is 2.35. The fourth-order valence-electron chi connectivity index (χ4n) is 1.38. The zero-order valence-electron chi connectivity index (χ0n) is 9.96. The fraction of sp³-hybridized carbons (Fsp3) is 0.0909. The fourth-order valence-corrected chi connectivity index (χ4v) is 1.56. The molecule has 0 amide bonds. The smallest absolute Gasteiger partial charge is 0.432 e. The van der Waals surface area contributed by atoms with Crippen LogP contribution in [0.4, 0.5) is 18.9 Å². The standard InChI is InChI=1S/C11H5ClF3N3O3/c12-8-5-9(17-10(16-8)11(13,14)15)21-7-4-2-1-3-6(7)18(19)20/h1-5H. The van der Waals surface area contributed by atoms with Crippen molar-refractivity contribution in [3.8, 4) is 11.6 Å². The Bertz CT molecular complexity index is 694. The summed E-state index contributed by atoms with van der Waals surface area (Å²) in [5.74, 6) is -2.30. The number of nitro benzene ring substituents is 1. The van der Waals surface area contributed by atoms with Gasteiger partial charge in [-0.05, 0) is 6.07 Å². The first-order chi connectivity index (χ1) is 9.77. The average molecular weight is 320 g/mol. The Morgan fingerprint density at radius 3 is 2.52 bits per heavy atom. The minimum Gasteiger partial charge on any atom is -0.432 e. The number of hydrogen-bond acceptors (Lipinski definition) is 5. The Balaban J connectivity index is 2.41. The summed E-state index contributed by atoms with van der Waals surface area (Å²) in [7, 11) is 0. The van der Waals surface area contributed by atoms with Crippen molar-refractivity contribution in [3.05, 3.63) is 51.4 Å². The molecule has 0 bridgehead atoms. The van der Waals surface area contributed by atoms with E-state index in [0.29, 0.717) is 0 Å². The van der Waals surface area contributed by atoms with Gasteiger partial charge in [0.25, 0.3) is 0 Å². The highest BCUT2D eigenvalue weighted by Crippen LogP contribution is 2.33. The average Bonchev–Trinajstić information content (AvgIpc) is 2.37.